The lowest BCUT2D eigenvalue weighted by Gasteiger charge is -2.31. The summed E-state index contributed by atoms with van der Waals surface area (Å²) in [6.45, 7) is 6.99. The summed E-state index contributed by atoms with van der Waals surface area (Å²) in [6.07, 6.45) is 1.65. The fourth-order valence-corrected chi connectivity index (χ4v) is 3.43. The topological polar surface area (TPSA) is 106 Å². The van der Waals surface area contributed by atoms with Crippen molar-refractivity contribution >= 4 is 23.4 Å². The number of piperidine rings is 1. The van der Waals surface area contributed by atoms with Crippen molar-refractivity contribution in [2.45, 2.75) is 39.7 Å². The molecule has 1 aliphatic rings. The van der Waals surface area contributed by atoms with Gasteiger partial charge in [0.1, 0.15) is 0 Å². The summed E-state index contributed by atoms with van der Waals surface area (Å²) in [5, 5.41) is 5.55. The van der Waals surface area contributed by atoms with Crippen LogP contribution < -0.4 is 21.3 Å². The van der Waals surface area contributed by atoms with E-state index in [0.29, 0.717) is 6.54 Å². The Labute approximate surface area is 154 Å². The second kappa shape index (κ2) is 8.80. The van der Waals surface area contributed by atoms with E-state index in [9.17, 15) is 14.4 Å². The van der Waals surface area contributed by atoms with Crippen molar-refractivity contribution in [3.63, 3.8) is 0 Å². The molecular weight excluding hydrogens is 332 g/mol. The Kier molecular flexibility index (Phi) is 6.74. The molecule has 0 radical (unpaired) electrons. The first-order chi connectivity index (χ1) is 12.3. The molecule has 3 amide bonds. The van der Waals surface area contributed by atoms with Gasteiger partial charge in [0.05, 0.1) is 25.6 Å². The third-order valence-corrected chi connectivity index (χ3v) is 5.14. The first-order valence-corrected chi connectivity index (χ1v) is 9.07. The van der Waals surface area contributed by atoms with Crippen LogP contribution in [-0.2, 0) is 14.4 Å². The third kappa shape index (κ3) is 5.05. The van der Waals surface area contributed by atoms with Gasteiger partial charge in [-0.2, -0.15) is 0 Å². The molecule has 26 heavy (non-hydrogen) atoms. The van der Waals surface area contributed by atoms with Gasteiger partial charge in [-0.05, 0) is 44.7 Å². The molecular formula is C19H29N4O3+. The fourth-order valence-electron chi connectivity index (χ4n) is 3.43. The standard InChI is InChI=1S/C19H28N4O3/c1-12-6-4-7-13(2)17(12)22-16(24)10-21-19(26)14(3)23-9-5-8-15(11-23)18(20)25/h4,6-7,14-15H,5,8-11H2,1-3H3,(H2,20,25)(H,21,26)(H,22,24)/p+1/t14-,15+/m1/s1. The van der Waals surface area contributed by atoms with Crippen molar-refractivity contribution in [1.29, 1.82) is 0 Å². The quantitative estimate of drug-likeness (QED) is 0.550. The summed E-state index contributed by atoms with van der Waals surface area (Å²) < 4.78 is 0. The third-order valence-electron chi connectivity index (χ3n) is 5.14. The molecule has 2 rings (SSSR count). The van der Waals surface area contributed by atoms with E-state index in [2.05, 4.69) is 10.6 Å². The van der Waals surface area contributed by atoms with E-state index < -0.39 is 0 Å². The van der Waals surface area contributed by atoms with Crippen LogP contribution in [0.25, 0.3) is 0 Å². The van der Waals surface area contributed by atoms with Gasteiger partial charge in [-0.25, -0.2) is 0 Å². The first kappa shape index (κ1) is 19.9. The SMILES string of the molecule is Cc1cccc(C)c1NC(=O)CNC(=O)[C@@H](C)[NH+]1CCC[C@H](C(N)=O)C1. The summed E-state index contributed by atoms with van der Waals surface area (Å²) in [6, 6.07) is 5.46. The number of rotatable bonds is 6. The number of amides is 3. The summed E-state index contributed by atoms with van der Waals surface area (Å²) in [5.74, 6) is -0.933. The van der Waals surface area contributed by atoms with Crippen molar-refractivity contribution in [2.24, 2.45) is 11.7 Å². The number of nitrogens with one attached hydrogen (secondary N) is 3. The van der Waals surface area contributed by atoms with E-state index in [1.54, 1.807) is 0 Å². The van der Waals surface area contributed by atoms with Gasteiger partial charge < -0.3 is 21.3 Å². The van der Waals surface area contributed by atoms with Crippen molar-refractivity contribution in [3.8, 4) is 0 Å². The second-order valence-electron chi connectivity index (χ2n) is 7.11. The molecule has 0 bridgehead atoms. The zero-order valence-corrected chi connectivity index (χ0v) is 15.7. The Hall–Kier alpha value is -2.41. The molecule has 1 aromatic carbocycles. The monoisotopic (exact) mass is 361 g/mol. The van der Waals surface area contributed by atoms with Crippen LogP contribution in [0.4, 0.5) is 5.69 Å². The van der Waals surface area contributed by atoms with Crippen LogP contribution in [-0.4, -0.2) is 43.4 Å². The highest BCUT2D eigenvalue weighted by Crippen LogP contribution is 2.18. The number of nitrogens with two attached hydrogens (primary N) is 1. The molecule has 1 unspecified atom stereocenters. The highest BCUT2D eigenvalue weighted by molar-refractivity contribution is 5.96. The summed E-state index contributed by atoms with van der Waals surface area (Å²) in [5.41, 5.74) is 8.14. The largest absolute Gasteiger partial charge is 0.369 e. The number of primary amides is 1. The number of hydrogen-bond acceptors (Lipinski definition) is 3. The van der Waals surface area contributed by atoms with Crippen molar-refractivity contribution < 1.29 is 19.3 Å². The number of carbonyl (C=O) groups is 3. The molecule has 1 heterocycles. The highest BCUT2D eigenvalue weighted by atomic mass is 16.2. The molecule has 7 nitrogen and oxygen atoms in total. The molecule has 0 spiro atoms. The average molecular weight is 361 g/mol. The Bertz CT molecular complexity index is 669. The number of carbonyl (C=O) groups excluding carboxylic acids is 3. The van der Waals surface area contributed by atoms with Gasteiger partial charge in [-0.15, -0.1) is 0 Å². The van der Waals surface area contributed by atoms with Crippen LogP contribution in [0.3, 0.4) is 0 Å². The van der Waals surface area contributed by atoms with Gasteiger partial charge in [-0.1, -0.05) is 18.2 Å². The number of anilines is 1. The average Bonchev–Trinajstić information content (AvgIpc) is 2.62. The highest BCUT2D eigenvalue weighted by Gasteiger charge is 2.33. The molecule has 7 heteroatoms. The molecule has 3 atom stereocenters. The molecule has 0 saturated carbocycles. The van der Waals surface area contributed by atoms with Crippen LogP contribution in [0.5, 0.6) is 0 Å². The minimum absolute atomic E-state index is 0.0799. The minimum Gasteiger partial charge on any atom is -0.369 e. The molecule has 5 N–H and O–H groups in total. The van der Waals surface area contributed by atoms with Crippen molar-refractivity contribution in [1.82, 2.24) is 5.32 Å². The van der Waals surface area contributed by atoms with E-state index in [0.717, 1.165) is 41.1 Å². The Morgan fingerprint density at radius 2 is 1.92 bits per heavy atom. The van der Waals surface area contributed by atoms with E-state index in [4.69, 9.17) is 5.73 Å². The second-order valence-corrected chi connectivity index (χ2v) is 7.11. The lowest BCUT2D eigenvalue weighted by molar-refractivity contribution is -0.921. The Balaban J connectivity index is 1.85. The number of para-hydroxylation sites is 1. The molecule has 1 fully saturated rings. The number of likely N-dealkylation sites (tertiary alicyclic amines) is 1. The molecule has 0 aliphatic carbocycles. The Morgan fingerprint density at radius 3 is 2.54 bits per heavy atom. The van der Waals surface area contributed by atoms with Gasteiger partial charge in [0.2, 0.25) is 11.8 Å². The summed E-state index contributed by atoms with van der Waals surface area (Å²) >= 11 is 0. The lowest BCUT2D eigenvalue weighted by atomic mass is 9.96. The number of hydrogen-bond donors (Lipinski definition) is 4. The van der Waals surface area contributed by atoms with E-state index in [1.807, 2.05) is 39.0 Å². The maximum Gasteiger partial charge on any atom is 0.278 e. The predicted octanol–water partition coefficient (Wildman–Crippen LogP) is -0.473. The minimum atomic E-state index is -0.329. The van der Waals surface area contributed by atoms with E-state index in [-0.39, 0.29) is 36.2 Å². The summed E-state index contributed by atoms with van der Waals surface area (Å²) in [7, 11) is 0. The molecule has 1 saturated heterocycles. The molecule has 1 aromatic rings. The number of benzene rings is 1. The number of quaternary nitrogens is 1. The van der Waals surface area contributed by atoms with Gasteiger partial charge in [-0.3, -0.25) is 14.4 Å². The fraction of sp³-hybridized carbons (Fsp3) is 0.526. The van der Waals surface area contributed by atoms with Gasteiger partial charge in [0.25, 0.3) is 5.91 Å². The molecule has 0 aromatic heterocycles. The van der Waals surface area contributed by atoms with Crippen LogP contribution >= 0.6 is 0 Å². The van der Waals surface area contributed by atoms with Crippen LogP contribution in [0.1, 0.15) is 30.9 Å². The van der Waals surface area contributed by atoms with E-state index >= 15 is 0 Å². The van der Waals surface area contributed by atoms with E-state index in [1.165, 1.54) is 0 Å². The zero-order chi connectivity index (χ0) is 19.3. The number of aryl methyl sites for hydroxylation is 2. The zero-order valence-electron chi connectivity index (χ0n) is 15.7. The molecule has 1 aliphatic heterocycles. The van der Waals surface area contributed by atoms with Gasteiger partial charge >= 0.3 is 0 Å². The maximum absolute atomic E-state index is 12.4. The first-order valence-electron chi connectivity index (χ1n) is 9.07. The van der Waals surface area contributed by atoms with Crippen LogP contribution in [0.15, 0.2) is 18.2 Å². The Morgan fingerprint density at radius 1 is 1.27 bits per heavy atom. The summed E-state index contributed by atoms with van der Waals surface area (Å²) in [4.78, 5) is 37.0. The predicted molar refractivity (Wildman–Crippen MR) is 99.6 cm³/mol. The normalized spacial score (nSPS) is 20.9. The van der Waals surface area contributed by atoms with Crippen LogP contribution in [0.2, 0.25) is 0 Å². The lowest BCUT2D eigenvalue weighted by Crippen LogP contribution is -3.18. The van der Waals surface area contributed by atoms with Gasteiger partial charge in [0.15, 0.2) is 6.04 Å². The van der Waals surface area contributed by atoms with Crippen molar-refractivity contribution in [3.05, 3.63) is 29.3 Å². The smallest absolute Gasteiger partial charge is 0.278 e. The maximum atomic E-state index is 12.4. The van der Waals surface area contributed by atoms with Crippen molar-refractivity contribution in [2.75, 3.05) is 25.0 Å². The van der Waals surface area contributed by atoms with Crippen LogP contribution in [0, 0.1) is 19.8 Å². The molecule has 142 valence electrons. The van der Waals surface area contributed by atoms with Gasteiger partial charge in [0, 0.05) is 5.69 Å².